The minimum absolute atomic E-state index is 0.583. The molecular weight excluding hydrogens is 663 g/mol. The molecule has 3 heterocycles. The normalized spacial score (nSPS) is 11.7. The van der Waals surface area contributed by atoms with E-state index in [0.717, 1.165) is 93.6 Å². The van der Waals surface area contributed by atoms with Crippen molar-refractivity contribution in [2.75, 3.05) is 0 Å². The van der Waals surface area contributed by atoms with Gasteiger partial charge in [0, 0.05) is 43.6 Å². The van der Waals surface area contributed by atoms with Crippen molar-refractivity contribution in [1.82, 2.24) is 15.0 Å². The summed E-state index contributed by atoms with van der Waals surface area (Å²) in [4.78, 5) is 15.2. The van der Waals surface area contributed by atoms with Crippen molar-refractivity contribution in [1.29, 1.82) is 0 Å². The second-order valence-electron chi connectivity index (χ2n) is 13.6. The van der Waals surface area contributed by atoms with Gasteiger partial charge < -0.3 is 8.83 Å². The van der Waals surface area contributed by atoms with Gasteiger partial charge in [0.25, 0.3) is 0 Å². The summed E-state index contributed by atoms with van der Waals surface area (Å²) in [7, 11) is 0. The van der Waals surface area contributed by atoms with E-state index in [-0.39, 0.29) is 0 Å². The fourth-order valence-corrected chi connectivity index (χ4v) is 7.76. The number of hydrogen-bond donors (Lipinski definition) is 0. The van der Waals surface area contributed by atoms with E-state index in [1.165, 1.54) is 0 Å². The summed E-state index contributed by atoms with van der Waals surface area (Å²) in [6, 6.07) is 60.4. The third-order valence-electron chi connectivity index (χ3n) is 10.4. The first-order chi connectivity index (χ1) is 26.7. The molecule has 11 rings (SSSR count). The molecule has 5 nitrogen and oxygen atoms in total. The Morgan fingerprint density at radius 3 is 1.67 bits per heavy atom. The number of nitrogens with zero attached hydrogens (tertiary/aromatic N) is 3. The Morgan fingerprint density at radius 2 is 0.889 bits per heavy atom. The minimum atomic E-state index is 0.583. The molecule has 5 heteroatoms. The van der Waals surface area contributed by atoms with Crippen LogP contribution in [0.5, 0.6) is 0 Å². The first-order valence-electron chi connectivity index (χ1n) is 18.0. The van der Waals surface area contributed by atoms with Crippen molar-refractivity contribution in [2.45, 2.75) is 0 Å². The summed E-state index contributed by atoms with van der Waals surface area (Å²) in [5, 5.41) is 6.41. The number of aromatic nitrogens is 3. The van der Waals surface area contributed by atoms with Crippen molar-refractivity contribution < 1.29 is 8.83 Å². The van der Waals surface area contributed by atoms with E-state index in [2.05, 4.69) is 127 Å². The Morgan fingerprint density at radius 1 is 0.315 bits per heavy atom. The van der Waals surface area contributed by atoms with Crippen molar-refractivity contribution in [2.24, 2.45) is 0 Å². The number of fused-ring (bicyclic) bond motifs is 8. The summed E-state index contributed by atoms with van der Waals surface area (Å²) in [6.07, 6.45) is 0. The maximum Gasteiger partial charge on any atom is 0.164 e. The fourth-order valence-electron chi connectivity index (χ4n) is 7.76. The molecule has 0 saturated heterocycles. The molecule has 0 saturated carbocycles. The van der Waals surface area contributed by atoms with Gasteiger partial charge in [-0.05, 0) is 58.0 Å². The Hall–Kier alpha value is -7.37. The summed E-state index contributed by atoms with van der Waals surface area (Å²) < 4.78 is 13.0. The van der Waals surface area contributed by atoms with E-state index in [1.807, 2.05) is 48.5 Å². The summed E-state index contributed by atoms with van der Waals surface area (Å²) in [5.41, 5.74) is 10.5. The maximum absolute atomic E-state index is 6.53. The largest absolute Gasteiger partial charge is 0.456 e. The van der Waals surface area contributed by atoms with Gasteiger partial charge in [0.15, 0.2) is 17.5 Å². The molecule has 0 spiro atoms. The molecular formula is C49H29N3O2. The van der Waals surface area contributed by atoms with Crippen molar-refractivity contribution in [3.63, 3.8) is 0 Å². The standard InChI is InChI=1S/C49H29N3O2/c1-3-11-30(12-4-1)31-21-23-34(24-22-31)48-50-47(33-14-5-2-6-15-33)51-49(52-48)39-18-10-19-42-45(39)40-29-35(26-28-41(40)53-42)36-17-9-20-43-44(36)38-27-25-32-13-7-8-16-37(32)46(38)54-43/h1-29H. The maximum atomic E-state index is 6.53. The second-order valence-corrected chi connectivity index (χ2v) is 13.6. The lowest BCUT2D eigenvalue weighted by molar-refractivity contribution is 0.669. The van der Waals surface area contributed by atoms with Gasteiger partial charge in [-0.25, -0.2) is 15.0 Å². The molecule has 0 atom stereocenters. The van der Waals surface area contributed by atoms with Crippen LogP contribution >= 0.6 is 0 Å². The Balaban J connectivity index is 1.10. The number of hydrogen-bond acceptors (Lipinski definition) is 5. The van der Waals surface area contributed by atoms with Gasteiger partial charge in [0.2, 0.25) is 0 Å². The van der Waals surface area contributed by atoms with E-state index in [1.54, 1.807) is 0 Å². The van der Waals surface area contributed by atoms with Gasteiger partial charge >= 0.3 is 0 Å². The fraction of sp³-hybridized carbons (Fsp3) is 0. The summed E-state index contributed by atoms with van der Waals surface area (Å²) >= 11 is 0. The van der Waals surface area contributed by atoms with Crippen LogP contribution in [-0.4, -0.2) is 15.0 Å². The average Bonchev–Trinajstić information content (AvgIpc) is 3.83. The Labute approximate surface area is 309 Å². The molecule has 0 amide bonds. The molecule has 0 radical (unpaired) electrons. The van der Waals surface area contributed by atoms with E-state index in [4.69, 9.17) is 23.8 Å². The zero-order valence-corrected chi connectivity index (χ0v) is 28.9. The van der Waals surface area contributed by atoms with Crippen molar-refractivity contribution in [3.05, 3.63) is 176 Å². The molecule has 0 bridgehead atoms. The van der Waals surface area contributed by atoms with Crippen LogP contribution in [0.25, 0.3) is 111 Å². The van der Waals surface area contributed by atoms with Crippen molar-refractivity contribution >= 4 is 54.6 Å². The molecule has 0 N–H and O–H groups in total. The highest BCUT2D eigenvalue weighted by molar-refractivity contribution is 6.20. The van der Waals surface area contributed by atoms with Crippen LogP contribution in [0.2, 0.25) is 0 Å². The highest BCUT2D eigenvalue weighted by Crippen LogP contribution is 2.42. The zero-order valence-electron chi connectivity index (χ0n) is 28.9. The number of furan rings is 2. The van der Waals surface area contributed by atoms with E-state index in [0.29, 0.717) is 17.5 Å². The highest BCUT2D eigenvalue weighted by Gasteiger charge is 2.20. The van der Waals surface area contributed by atoms with Crippen LogP contribution < -0.4 is 0 Å². The first-order valence-corrected chi connectivity index (χ1v) is 18.0. The number of benzene rings is 8. The van der Waals surface area contributed by atoms with Gasteiger partial charge in [0.1, 0.15) is 22.3 Å². The predicted molar refractivity (Wildman–Crippen MR) is 219 cm³/mol. The smallest absolute Gasteiger partial charge is 0.164 e. The number of rotatable bonds is 5. The van der Waals surface area contributed by atoms with Gasteiger partial charge in [-0.15, -0.1) is 0 Å². The quantitative estimate of drug-likeness (QED) is 0.180. The molecule has 0 aliphatic carbocycles. The molecule has 0 aliphatic rings. The summed E-state index contributed by atoms with van der Waals surface area (Å²) in [5.74, 6) is 1.80. The van der Waals surface area contributed by atoms with E-state index >= 15 is 0 Å². The molecule has 0 aliphatic heterocycles. The lowest BCUT2D eigenvalue weighted by atomic mass is 9.96. The molecule has 3 aromatic heterocycles. The molecule has 54 heavy (non-hydrogen) atoms. The molecule has 252 valence electrons. The van der Waals surface area contributed by atoms with Crippen LogP contribution in [0.15, 0.2) is 185 Å². The first kappa shape index (κ1) is 30.3. The van der Waals surface area contributed by atoms with Crippen molar-refractivity contribution in [3.8, 4) is 56.4 Å². The monoisotopic (exact) mass is 691 g/mol. The van der Waals surface area contributed by atoms with Gasteiger partial charge in [-0.3, -0.25) is 0 Å². The van der Waals surface area contributed by atoms with E-state index < -0.39 is 0 Å². The van der Waals surface area contributed by atoms with Gasteiger partial charge in [0.05, 0.1) is 0 Å². The third-order valence-corrected chi connectivity index (χ3v) is 10.4. The zero-order chi connectivity index (χ0) is 35.6. The van der Waals surface area contributed by atoms with Crippen LogP contribution in [0.3, 0.4) is 0 Å². The van der Waals surface area contributed by atoms with Crippen LogP contribution in [0.1, 0.15) is 0 Å². The topological polar surface area (TPSA) is 65.0 Å². The molecule has 8 aromatic carbocycles. The van der Waals surface area contributed by atoms with Crippen LogP contribution in [0, 0.1) is 0 Å². The van der Waals surface area contributed by atoms with E-state index in [9.17, 15) is 0 Å². The third kappa shape index (κ3) is 4.90. The molecule has 0 unspecified atom stereocenters. The summed E-state index contributed by atoms with van der Waals surface area (Å²) in [6.45, 7) is 0. The molecule has 0 fully saturated rings. The predicted octanol–water partition coefficient (Wildman–Crippen LogP) is 13.2. The SMILES string of the molecule is c1ccc(-c2ccc(-c3nc(-c4ccccc4)nc(-c4cccc5oc6ccc(-c7cccc8oc9c%10ccccc%10ccc9c78)cc6c45)n3)cc2)cc1. The highest BCUT2D eigenvalue weighted by atomic mass is 16.3. The molecule has 11 aromatic rings. The lowest BCUT2D eigenvalue weighted by Gasteiger charge is -2.10. The minimum Gasteiger partial charge on any atom is -0.456 e. The van der Waals surface area contributed by atoms with Crippen LogP contribution in [-0.2, 0) is 0 Å². The van der Waals surface area contributed by atoms with Gasteiger partial charge in [-0.1, -0.05) is 146 Å². The Bertz CT molecular complexity index is 3200. The van der Waals surface area contributed by atoms with Gasteiger partial charge in [-0.2, -0.15) is 0 Å². The van der Waals surface area contributed by atoms with Crippen LogP contribution in [0.4, 0.5) is 0 Å². The second kappa shape index (κ2) is 12.1. The lowest BCUT2D eigenvalue weighted by Crippen LogP contribution is -2.00. The average molecular weight is 692 g/mol. The Kier molecular flexibility index (Phi) is 6.79.